The highest BCUT2D eigenvalue weighted by molar-refractivity contribution is 5.96. The number of carbonyl (C=O) groups is 1. The summed E-state index contributed by atoms with van der Waals surface area (Å²) >= 11 is 0. The number of aryl methyl sites for hydroxylation is 1. The molecule has 0 aliphatic carbocycles. The molecular weight excluding hydrogens is 224 g/mol. The second-order valence-electron chi connectivity index (χ2n) is 3.60. The molecule has 2 nitrogen and oxygen atoms in total. The Balaban J connectivity index is 2.78. The number of halogens is 2. The fourth-order valence-electron chi connectivity index (χ4n) is 1.25. The van der Waals surface area contributed by atoms with E-state index in [9.17, 15) is 13.6 Å². The summed E-state index contributed by atoms with van der Waals surface area (Å²) in [6.07, 6.45) is 2.48. The Kier molecular flexibility index (Phi) is 4.97. The first-order chi connectivity index (χ1) is 8.06. The van der Waals surface area contributed by atoms with E-state index < -0.39 is 11.6 Å². The molecule has 0 aliphatic heterocycles. The van der Waals surface area contributed by atoms with Gasteiger partial charge in [-0.05, 0) is 24.6 Å². The second kappa shape index (κ2) is 6.25. The van der Waals surface area contributed by atoms with E-state index in [0.29, 0.717) is 6.54 Å². The number of benzene rings is 1. The van der Waals surface area contributed by atoms with Crippen LogP contribution < -0.4 is 0 Å². The lowest BCUT2D eigenvalue weighted by Gasteiger charge is -2.11. The van der Waals surface area contributed by atoms with E-state index in [4.69, 9.17) is 0 Å². The van der Waals surface area contributed by atoms with Gasteiger partial charge in [0.15, 0.2) is 11.6 Å². The maximum atomic E-state index is 13.4. The highest BCUT2D eigenvalue weighted by Crippen LogP contribution is 2.16. The van der Waals surface area contributed by atoms with Crippen LogP contribution in [0.3, 0.4) is 0 Å². The quantitative estimate of drug-likeness (QED) is 0.724. The van der Waals surface area contributed by atoms with Crippen molar-refractivity contribution in [3.05, 3.63) is 46.3 Å². The van der Waals surface area contributed by atoms with Crippen LogP contribution in [0, 0.1) is 18.6 Å². The molecule has 0 bridgehead atoms. The first-order valence-corrected chi connectivity index (χ1v) is 5.35. The molecule has 0 unspecified atom stereocenters. The van der Waals surface area contributed by atoms with Crippen molar-refractivity contribution in [3.63, 3.8) is 0 Å². The maximum absolute atomic E-state index is 13.4. The van der Waals surface area contributed by atoms with Crippen molar-refractivity contribution >= 4 is 11.9 Å². The van der Waals surface area contributed by atoms with Crippen LogP contribution in [0.2, 0.25) is 0 Å². The Hall–Kier alpha value is -1.55. The van der Waals surface area contributed by atoms with Crippen LogP contribution in [0.5, 0.6) is 0 Å². The number of carbonyl (C=O) groups excluding carboxylic acids is 1. The zero-order chi connectivity index (χ0) is 12.8. The smallest absolute Gasteiger partial charge is 0.166 e. The zero-order valence-corrected chi connectivity index (χ0v) is 9.84. The molecule has 0 amide bonds. The lowest BCUT2D eigenvalue weighted by molar-refractivity contribution is -0.112. The van der Waals surface area contributed by atoms with E-state index in [0.717, 1.165) is 0 Å². The van der Waals surface area contributed by atoms with Crippen LogP contribution >= 0.6 is 0 Å². The van der Waals surface area contributed by atoms with E-state index in [1.165, 1.54) is 31.2 Å². The number of hydrogen-bond donors (Lipinski definition) is 0. The van der Waals surface area contributed by atoms with E-state index in [1.807, 2.05) is 6.92 Å². The molecule has 17 heavy (non-hydrogen) atoms. The number of hydrogen-bond acceptors (Lipinski definition) is 1. The predicted octanol–water partition coefficient (Wildman–Crippen LogP) is 3.25. The Morgan fingerprint density at radius 2 is 2.06 bits per heavy atom. The summed E-state index contributed by atoms with van der Waals surface area (Å²) in [6.45, 7) is 3.94. The third-order valence-electron chi connectivity index (χ3n) is 2.25. The number of rotatable bonds is 5. The molecule has 0 saturated heterocycles. The summed E-state index contributed by atoms with van der Waals surface area (Å²) < 4.78 is 26.6. The molecule has 1 rings (SSSR count). The topological polar surface area (TPSA) is 31.2 Å². The van der Waals surface area contributed by atoms with Crippen molar-refractivity contribution in [1.82, 2.24) is 0 Å². The third-order valence-corrected chi connectivity index (χ3v) is 2.25. The molecule has 1 aromatic carbocycles. The van der Waals surface area contributed by atoms with Gasteiger partial charge >= 0.3 is 0 Å². The third kappa shape index (κ3) is 3.75. The monoisotopic (exact) mass is 238 g/mol. The molecule has 0 spiro atoms. The van der Waals surface area contributed by atoms with Gasteiger partial charge < -0.3 is 5.32 Å². The first kappa shape index (κ1) is 13.5. The summed E-state index contributed by atoms with van der Waals surface area (Å²) in [5, 5.41) is 3.87. The Morgan fingerprint density at radius 3 is 2.71 bits per heavy atom. The highest BCUT2D eigenvalue weighted by Gasteiger charge is 2.08. The molecule has 4 heteroatoms. The summed E-state index contributed by atoms with van der Waals surface area (Å²) in [7, 11) is 0. The lowest BCUT2D eigenvalue weighted by atomic mass is 10.1. The molecular formula is C13H14F2NO-. The predicted molar refractivity (Wildman–Crippen MR) is 63.9 cm³/mol. The minimum Gasteiger partial charge on any atom is -0.656 e. The largest absolute Gasteiger partial charge is 0.656 e. The number of likely N-dealkylation sites (N-methyl/N-ethyl adjacent to an activating group) is 1. The average Bonchev–Trinajstić information content (AvgIpc) is 2.32. The summed E-state index contributed by atoms with van der Waals surface area (Å²) in [4.78, 5) is 11.2. The van der Waals surface area contributed by atoms with Crippen molar-refractivity contribution in [2.24, 2.45) is 0 Å². The van der Waals surface area contributed by atoms with Gasteiger partial charge in [-0.1, -0.05) is 25.6 Å². The van der Waals surface area contributed by atoms with Gasteiger partial charge in [-0.15, -0.1) is 0 Å². The first-order valence-electron chi connectivity index (χ1n) is 5.35. The summed E-state index contributed by atoms with van der Waals surface area (Å²) in [5.41, 5.74) is 0.310. The minimum atomic E-state index is -0.929. The second-order valence-corrected chi connectivity index (χ2v) is 3.60. The lowest BCUT2D eigenvalue weighted by Crippen LogP contribution is -2.00. The molecule has 92 valence electrons. The molecule has 0 radical (unpaired) electrons. The summed E-state index contributed by atoms with van der Waals surface area (Å²) in [5.74, 6) is -2.04. The van der Waals surface area contributed by atoms with Gasteiger partial charge in [-0.3, -0.25) is 4.79 Å². The van der Waals surface area contributed by atoms with E-state index in [-0.39, 0.29) is 23.5 Å². The van der Waals surface area contributed by atoms with Gasteiger partial charge in [0.1, 0.15) is 5.78 Å². The van der Waals surface area contributed by atoms with Gasteiger partial charge in [-0.25, -0.2) is 8.78 Å². The molecule has 0 aromatic heterocycles. The fraction of sp³-hybridized carbons (Fsp3) is 0.308. The van der Waals surface area contributed by atoms with Gasteiger partial charge in [-0.2, -0.15) is 6.54 Å². The van der Waals surface area contributed by atoms with Crippen molar-refractivity contribution in [2.75, 3.05) is 13.1 Å². The van der Waals surface area contributed by atoms with Crippen LogP contribution in [-0.4, -0.2) is 18.9 Å². The highest BCUT2D eigenvalue weighted by atomic mass is 19.2. The van der Waals surface area contributed by atoms with Crippen LogP contribution in [0.25, 0.3) is 11.4 Å². The summed E-state index contributed by atoms with van der Waals surface area (Å²) in [6, 6.07) is 2.91. The Labute approximate surface area is 99.3 Å². The van der Waals surface area contributed by atoms with Gasteiger partial charge in [0, 0.05) is 5.56 Å². The Morgan fingerprint density at radius 1 is 1.35 bits per heavy atom. The van der Waals surface area contributed by atoms with Gasteiger partial charge in [0.2, 0.25) is 0 Å². The molecule has 0 atom stereocenters. The molecule has 0 fully saturated rings. The Bertz CT molecular complexity index is 441. The number of nitrogens with zero attached hydrogens (tertiary/aromatic N) is 1. The van der Waals surface area contributed by atoms with Crippen LogP contribution in [0.1, 0.15) is 18.1 Å². The fourth-order valence-corrected chi connectivity index (χ4v) is 1.25. The normalized spacial score (nSPS) is 11.1. The molecule has 1 aromatic rings. The zero-order valence-electron chi connectivity index (χ0n) is 9.84. The molecule has 0 heterocycles. The van der Waals surface area contributed by atoms with Crippen molar-refractivity contribution < 1.29 is 13.6 Å². The van der Waals surface area contributed by atoms with Crippen molar-refractivity contribution in [1.29, 1.82) is 0 Å². The van der Waals surface area contributed by atoms with E-state index in [1.54, 1.807) is 0 Å². The van der Waals surface area contributed by atoms with Gasteiger partial charge in [0.05, 0.1) is 0 Å². The SMILES string of the molecule is CC[N-]CC(=O)/C=C/c1ccc(C)c(F)c1F. The molecule has 0 aliphatic rings. The minimum absolute atomic E-state index is 0.0675. The van der Waals surface area contributed by atoms with E-state index >= 15 is 0 Å². The van der Waals surface area contributed by atoms with Crippen molar-refractivity contribution in [2.45, 2.75) is 13.8 Å². The van der Waals surface area contributed by atoms with E-state index in [2.05, 4.69) is 5.32 Å². The number of ketones is 1. The van der Waals surface area contributed by atoms with Crippen LogP contribution in [-0.2, 0) is 4.79 Å². The standard InChI is InChI=1S/C13H14F2NO/c1-3-16-8-11(17)7-6-10-5-4-9(2)12(14)13(10)15/h4-7H,3,8H2,1-2H3/q-1/b7-6+. The average molecular weight is 238 g/mol. The molecule has 0 saturated carbocycles. The van der Waals surface area contributed by atoms with Gasteiger partial charge in [0.25, 0.3) is 0 Å². The van der Waals surface area contributed by atoms with Crippen LogP contribution in [0.15, 0.2) is 18.2 Å². The maximum Gasteiger partial charge on any atom is 0.166 e. The molecule has 0 N–H and O–H groups in total. The van der Waals surface area contributed by atoms with Crippen LogP contribution in [0.4, 0.5) is 8.78 Å². The van der Waals surface area contributed by atoms with Crippen molar-refractivity contribution in [3.8, 4) is 0 Å².